The van der Waals surface area contributed by atoms with Crippen LogP contribution in [-0.4, -0.2) is 59.0 Å². The van der Waals surface area contributed by atoms with E-state index in [2.05, 4.69) is 10.2 Å². The molecule has 3 rings (SSSR count). The van der Waals surface area contributed by atoms with E-state index in [-0.39, 0.29) is 15.7 Å². The molecule has 0 saturated carbocycles. The monoisotopic (exact) mass is 395 g/mol. The predicted molar refractivity (Wildman–Crippen MR) is 102 cm³/mol. The Kier molecular flexibility index (Phi) is 5.49. The molecule has 0 bridgehead atoms. The number of hydrogen-bond acceptors (Lipinski definition) is 6. The molecule has 2 aromatic rings. The SMILES string of the molecule is CNC(=O)c1sccc1S(=O)(=O)N1CCN(c2ccc(OC)cc2)CC1. The summed E-state index contributed by atoms with van der Waals surface area (Å²) in [5.41, 5.74) is 1.03. The summed E-state index contributed by atoms with van der Waals surface area (Å²) in [5, 5.41) is 4.12. The Labute approximate surface area is 157 Å². The van der Waals surface area contributed by atoms with E-state index in [0.717, 1.165) is 22.8 Å². The number of ether oxygens (including phenoxy) is 1. The molecule has 1 aliphatic heterocycles. The molecule has 1 aliphatic rings. The number of benzene rings is 1. The van der Waals surface area contributed by atoms with E-state index < -0.39 is 10.0 Å². The number of methoxy groups -OCH3 is 1. The molecule has 1 N–H and O–H groups in total. The number of nitrogens with one attached hydrogen (secondary N) is 1. The minimum atomic E-state index is -3.68. The van der Waals surface area contributed by atoms with Crippen LogP contribution in [0.3, 0.4) is 0 Å². The maximum atomic E-state index is 12.9. The van der Waals surface area contributed by atoms with E-state index >= 15 is 0 Å². The first-order chi connectivity index (χ1) is 12.5. The van der Waals surface area contributed by atoms with Crippen molar-refractivity contribution in [3.8, 4) is 5.75 Å². The molecule has 1 fully saturated rings. The number of sulfonamides is 1. The highest BCUT2D eigenvalue weighted by molar-refractivity contribution is 7.89. The van der Waals surface area contributed by atoms with E-state index in [4.69, 9.17) is 4.74 Å². The van der Waals surface area contributed by atoms with Crippen molar-refractivity contribution in [2.75, 3.05) is 45.2 Å². The van der Waals surface area contributed by atoms with Gasteiger partial charge in [-0.15, -0.1) is 11.3 Å². The molecule has 9 heteroatoms. The van der Waals surface area contributed by atoms with E-state index in [9.17, 15) is 13.2 Å². The lowest BCUT2D eigenvalue weighted by atomic mass is 10.2. The Hall–Kier alpha value is -2.10. The number of rotatable bonds is 5. The number of piperazine rings is 1. The van der Waals surface area contributed by atoms with Crippen molar-refractivity contribution in [3.63, 3.8) is 0 Å². The lowest BCUT2D eigenvalue weighted by Crippen LogP contribution is -2.48. The lowest BCUT2D eigenvalue weighted by molar-refractivity contribution is 0.0964. The Morgan fingerprint density at radius 1 is 1.12 bits per heavy atom. The molecule has 0 radical (unpaired) electrons. The first kappa shape index (κ1) is 18.7. The van der Waals surface area contributed by atoms with Gasteiger partial charge in [0.25, 0.3) is 5.91 Å². The molecule has 26 heavy (non-hydrogen) atoms. The normalized spacial score (nSPS) is 15.7. The van der Waals surface area contributed by atoms with Crippen LogP contribution in [0.15, 0.2) is 40.6 Å². The number of carbonyl (C=O) groups excluding carboxylic acids is 1. The third kappa shape index (κ3) is 3.55. The van der Waals surface area contributed by atoms with Crippen LogP contribution in [-0.2, 0) is 10.0 Å². The zero-order valence-corrected chi connectivity index (χ0v) is 16.3. The smallest absolute Gasteiger partial charge is 0.262 e. The standard InChI is InChI=1S/C17H21N3O4S2/c1-18-17(21)16-15(7-12-25-16)26(22,23)20-10-8-19(9-11-20)13-3-5-14(24-2)6-4-13/h3-7,12H,8-11H2,1-2H3,(H,18,21). The maximum Gasteiger partial charge on any atom is 0.262 e. The fraction of sp³-hybridized carbons (Fsp3) is 0.353. The molecular weight excluding hydrogens is 374 g/mol. The average Bonchev–Trinajstić information content (AvgIpc) is 3.18. The summed E-state index contributed by atoms with van der Waals surface area (Å²) in [5.74, 6) is 0.407. The number of hydrogen-bond donors (Lipinski definition) is 1. The highest BCUT2D eigenvalue weighted by atomic mass is 32.2. The van der Waals surface area contributed by atoms with Crippen LogP contribution < -0.4 is 15.0 Å². The molecule has 1 amide bonds. The molecule has 0 spiro atoms. The quantitative estimate of drug-likeness (QED) is 0.832. The van der Waals surface area contributed by atoms with Crippen molar-refractivity contribution in [1.29, 1.82) is 0 Å². The summed E-state index contributed by atoms with van der Waals surface area (Å²) in [7, 11) is -0.571. The largest absolute Gasteiger partial charge is 0.497 e. The zero-order chi connectivity index (χ0) is 18.7. The second-order valence-corrected chi connectivity index (χ2v) is 8.60. The summed E-state index contributed by atoms with van der Waals surface area (Å²) in [6.07, 6.45) is 0. The number of nitrogens with zero attached hydrogens (tertiary/aromatic N) is 2. The molecule has 1 aromatic carbocycles. The van der Waals surface area contributed by atoms with Gasteiger partial charge in [0.15, 0.2) is 0 Å². The highest BCUT2D eigenvalue weighted by Crippen LogP contribution is 2.27. The first-order valence-corrected chi connectivity index (χ1v) is 10.5. The van der Waals surface area contributed by atoms with Crippen LogP contribution in [0.1, 0.15) is 9.67 Å². The average molecular weight is 396 g/mol. The van der Waals surface area contributed by atoms with Crippen molar-refractivity contribution >= 4 is 33.0 Å². The van der Waals surface area contributed by atoms with Crippen LogP contribution in [0, 0.1) is 0 Å². The topological polar surface area (TPSA) is 79.0 Å². The Bertz CT molecular complexity index is 870. The minimum absolute atomic E-state index is 0.0831. The van der Waals surface area contributed by atoms with Gasteiger partial charge in [0.2, 0.25) is 10.0 Å². The van der Waals surface area contributed by atoms with Gasteiger partial charge in [0.1, 0.15) is 15.5 Å². The van der Waals surface area contributed by atoms with Gasteiger partial charge >= 0.3 is 0 Å². The van der Waals surface area contributed by atoms with Crippen molar-refractivity contribution < 1.29 is 17.9 Å². The van der Waals surface area contributed by atoms with Crippen LogP contribution in [0.2, 0.25) is 0 Å². The van der Waals surface area contributed by atoms with E-state index in [0.29, 0.717) is 26.2 Å². The summed E-state index contributed by atoms with van der Waals surface area (Å²) in [6.45, 7) is 1.92. The van der Waals surface area contributed by atoms with Gasteiger partial charge in [-0.2, -0.15) is 4.31 Å². The van der Waals surface area contributed by atoms with Gasteiger partial charge in [-0.05, 0) is 35.7 Å². The molecule has 1 aromatic heterocycles. The van der Waals surface area contributed by atoms with Crippen LogP contribution in [0.4, 0.5) is 5.69 Å². The lowest BCUT2D eigenvalue weighted by Gasteiger charge is -2.35. The Morgan fingerprint density at radius 2 is 1.77 bits per heavy atom. The van der Waals surface area contributed by atoms with Gasteiger partial charge in [-0.3, -0.25) is 4.79 Å². The first-order valence-electron chi connectivity index (χ1n) is 8.16. The van der Waals surface area contributed by atoms with Gasteiger partial charge in [0.05, 0.1) is 7.11 Å². The second kappa shape index (κ2) is 7.65. The zero-order valence-electron chi connectivity index (χ0n) is 14.6. The summed E-state index contributed by atoms with van der Waals surface area (Å²) >= 11 is 1.13. The van der Waals surface area contributed by atoms with Crippen molar-refractivity contribution in [1.82, 2.24) is 9.62 Å². The molecule has 7 nitrogen and oxygen atoms in total. The summed E-state index contributed by atoms with van der Waals surface area (Å²) in [6, 6.07) is 9.20. The fourth-order valence-corrected chi connectivity index (χ4v) is 5.67. The molecule has 140 valence electrons. The van der Waals surface area contributed by atoms with E-state index in [1.165, 1.54) is 17.4 Å². The predicted octanol–water partition coefficient (Wildman–Crippen LogP) is 1.63. The van der Waals surface area contributed by atoms with Crippen molar-refractivity contribution in [3.05, 3.63) is 40.6 Å². The highest BCUT2D eigenvalue weighted by Gasteiger charge is 2.32. The van der Waals surface area contributed by atoms with Crippen LogP contribution >= 0.6 is 11.3 Å². The fourth-order valence-electron chi connectivity index (χ4n) is 2.90. The molecule has 0 unspecified atom stereocenters. The van der Waals surface area contributed by atoms with Crippen LogP contribution in [0.5, 0.6) is 5.75 Å². The molecule has 0 aliphatic carbocycles. The minimum Gasteiger partial charge on any atom is -0.497 e. The van der Waals surface area contributed by atoms with Gasteiger partial charge < -0.3 is 15.0 Å². The van der Waals surface area contributed by atoms with Gasteiger partial charge in [-0.25, -0.2) is 8.42 Å². The third-order valence-electron chi connectivity index (χ3n) is 4.36. The van der Waals surface area contributed by atoms with Crippen LogP contribution in [0.25, 0.3) is 0 Å². The third-order valence-corrected chi connectivity index (χ3v) is 7.34. The van der Waals surface area contributed by atoms with E-state index in [1.807, 2.05) is 24.3 Å². The van der Waals surface area contributed by atoms with Gasteiger partial charge in [-0.1, -0.05) is 0 Å². The molecule has 0 atom stereocenters. The number of anilines is 1. The number of carbonyl (C=O) groups is 1. The summed E-state index contributed by atoms with van der Waals surface area (Å²) in [4.78, 5) is 14.4. The second-order valence-electron chi connectivity index (χ2n) is 5.78. The van der Waals surface area contributed by atoms with Crippen molar-refractivity contribution in [2.45, 2.75) is 4.90 Å². The van der Waals surface area contributed by atoms with Crippen molar-refractivity contribution in [2.24, 2.45) is 0 Å². The molecular formula is C17H21N3O4S2. The van der Waals surface area contributed by atoms with Gasteiger partial charge in [0, 0.05) is 38.9 Å². The molecule has 1 saturated heterocycles. The Morgan fingerprint density at radius 3 is 2.35 bits per heavy atom. The number of thiophene rings is 1. The van der Waals surface area contributed by atoms with E-state index in [1.54, 1.807) is 12.5 Å². The number of amides is 1. The maximum absolute atomic E-state index is 12.9. The molecule has 2 heterocycles. The summed E-state index contributed by atoms with van der Waals surface area (Å²) < 4.78 is 32.5. The Balaban J connectivity index is 1.72.